The van der Waals surface area contributed by atoms with Gasteiger partial charge in [-0.1, -0.05) is 33.1 Å². The molecular formula is C8H17O4PZn. The van der Waals surface area contributed by atoms with Crippen LogP contribution in [0.2, 0.25) is 0 Å². The van der Waals surface area contributed by atoms with E-state index in [1.807, 2.05) is 6.92 Å². The molecule has 0 aliphatic rings. The Bertz CT molecular complexity index is 171. The fourth-order valence-electron chi connectivity index (χ4n) is 1.09. The summed E-state index contributed by atoms with van der Waals surface area (Å²) >= 11 is 0. The minimum Gasteiger partial charge on any atom is -0.790 e. The third kappa shape index (κ3) is 10.8. The summed E-state index contributed by atoms with van der Waals surface area (Å²) in [7, 11) is -4.76. The molecule has 0 aliphatic heterocycles. The summed E-state index contributed by atoms with van der Waals surface area (Å²) in [5, 5.41) is 0. The van der Waals surface area contributed by atoms with E-state index in [0.29, 0.717) is 0 Å². The number of phosphoric acid groups is 1. The summed E-state index contributed by atoms with van der Waals surface area (Å²) in [6.07, 6.45) is 3.89. The molecule has 14 heavy (non-hydrogen) atoms. The molecule has 0 rings (SSSR count). The van der Waals surface area contributed by atoms with Crippen LogP contribution < -0.4 is 9.79 Å². The van der Waals surface area contributed by atoms with Gasteiger partial charge in [0.1, 0.15) is 0 Å². The van der Waals surface area contributed by atoms with Gasteiger partial charge >= 0.3 is 19.5 Å². The standard InChI is InChI=1S/C8H19O4P.Zn/c1-3-5-6-8(4-2)7-12-13(9,10)11;/h8H,3-7H2,1-2H3,(H2,9,10,11);/q;+2/p-2. The molecule has 0 aromatic heterocycles. The minimum atomic E-state index is -4.76. The SMILES string of the molecule is CCCCC(CC)COP(=O)([O-])[O-].[Zn+2]. The van der Waals surface area contributed by atoms with Gasteiger partial charge in [0.15, 0.2) is 0 Å². The van der Waals surface area contributed by atoms with Crippen LogP contribution in [0.25, 0.3) is 0 Å². The molecule has 0 heterocycles. The van der Waals surface area contributed by atoms with E-state index in [1.165, 1.54) is 0 Å². The van der Waals surface area contributed by atoms with Gasteiger partial charge in [0, 0.05) is 0 Å². The smallest absolute Gasteiger partial charge is 0.790 e. The molecular weight excluding hydrogens is 256 g/mol. The van der Waals surface area contributed by atoms with Gasteiger partial charge in [0.2, 0.25) is 0 Å². The van der Waals surface area contributed by atoms with E-state index >= 15 is 0 Å². The first-order chi connectivity index (χ1) is 5.99. The fraction of sp³-hybridized carbons (Fsp3) is 1.00. The van der Waals surface area contributed by atoms with Crippen LogP contribution in [0.4, 0.5) is 0 Å². The maximum absolute atomic E-state index is 10.2. The van der Waals surface area contributed by atoms with Gasteiger partial charge in [-0.05, 0) is 12.3 Å². The first kappa shape index (κ1) is 17.1. The van der Waals surface area contributed by atoms with Crippen LogP contribution >= 0.6 is 7.82 Å². The quantitative estimate of drug-likeness (QED) is 0.513. The summed E-state index contributed by atoms with van der Waals surface area (Å²) in [5.74, 6) is 0.191. The molecule has 80 valence electrons. The van der Waals surface area contributed by atoms with E-state index < -0.39 is 7.82 Å². The number of rotatable bonds is 7. The normalized spacial score (nSPS) is 13.4. The zero-order valence-corrected chi connectivity index (χ0v) is 12.8. The van der Waals surface area contributed by atoms with E-state index in [0.717, 1.165) is 25.7 Å². The van der Waals surface area contributed by atoms with E-state index in [-0.39, 0.29) is 32.0 Å². The van der Waals surface area contributed by atoms with Crippen LogP contribution in [0, 0.1) is 5.92 Å². The zero-order chi connectivity index (χ0) is 10.3. The second-order valence-corrected chi connectivity index (χ2v) is 4.31. The van der Waals surface area contributed by atoms with Crippen molar-refractivity contribution < 1.29 is 38.4 Å². The predicted octanol–water partition coefficient (Wildman–Crippen LogP) is 1.05. The summed E-state index contributed by atoms with van der Waals surface area (Å²) in [5.41, 5.74) is 0. The molecule has 4 nitrogen and oxygen atoms in total. The Labute approximate surface area is 98.4 Å². The number of phosphoric ester groups is 1. The van der Waals surface area contributed by atoms with Crippen molar-refractivity contribution >= 4 is 7.82 Å². The van der Waals surface area contributed by atoms with Crippen molar-refractivity contribution in [2.24, 2.45) is 5.92 Å². The van der Waals surface area contributed by atoms with Gasteiger partial charge in [-0.15, -0.1) is 0 Å². The van der Waals surface area contributed by atoms with Crippen molar-refractivity contribution in [3.8, 4) is 0 Å². The summed E-state index contributed by atoms with van der Waals surface area (Å²) in [6, 6.07) is 0. The van der Waals surface area contributed by atoms with Gasteiger partial charge in [0.05, 0.1) is 14.4 Å². The van der Waals surface area contributed by atoms with Crippen molar-refractivity contribution in [1.82, 2.24) is 0 Å². The Kier molecular flexibility index (Phi) is 11.0. The second kappa shape index (κ2) is 9.00. The van der Waals surface area contributed by atoms with Crippen LogP contribution in [0.15, 0.2) is 0 Å². The van der Waals surface area contributed by atoms with Crippen molar-refractivity contribution in [3.63, 3.8) is 0 Å². The maximum Gasteiger partial charge on any atom is 2.00 e. The van der Waals surface area contributed by atoms with E-state index in [1.54, 1.807) is 0 Å². The molecule has 0 amide bonds. The first-order valence-electron chi connectivity index (χ1n) is 4.66. The summed E-state index contributed by atoms with van der Waals surface area (Å²) in [4.78, 5) is 20.4. The molecule has 0 N–H and O–H groups in total. The topological polar surface area (TPSA) is 72.4 Å². The molecule has 0 fully saturated rings. The van der Waals surface area contributed by atoms with Crippen molar-refractivity contribution in [3.05, 3.63) is 0 Å². The maximum atomic E-state index is 10.2. The second-order valence-electron chi connectivity index (χ2n) is 3.16. The van der Waals surface area contributed by atoms with Crippen LogP contribution in [0.3, 0.4) is 0 Å². The van der Waals surface area contributed by atoms with Crippen molar-refractivity contribution in [1.29, 1.82) is 0 Å². The molecule has 0 aromatic carbocycles. The van der Waals surface area contributed by atoms with Gasteiger partial charge in [-0.3, -0.25) is 0 Å². The zero-order valence-electron chi connectivity index (χ0n) is 8.90. The van der Waals surface area contributed by atoms with Gasteiger partial charge in [0.25, 0.3) is 0 Å². The molecule has 0 saturated carbocycles. The van der Waals surface area contributed by atoms with E-state index in [9.17, 15) is 14.4 Å². The third-order valence-corrected chi connectivity index (χ3v) is 2.48. The van der Waals surface area contributed by atoms with Crippen molar-refractivity contribution in [2.75, 3.05) is 6.61 Å². The van der Waals surface area contributed by atoms with Crippen molar-refractivity contribution in [2.45, 2.75) is 39.5 Å². The monoisotopic (exact) mass is 272 g/mol. The number of unbranched alkanes of at least 4 members (excludes halogenated alkanes) is 1. The molecule has 1 atom stereocenters. The largest absolute Gasteiger partial charge is 2.00 e. The van der Waals surface area contributed by atoms with Crippen LogP contribution in [-0.4, -0.2) is 6.61 Å². The Morgan fingerprint density at radius 3 is 2.29 bits per heavy atom. The number of hydrogen-bond donors (Lipinski definition) is 0. The predicted molar refractivity (Wildman–Crippen MR) is 46.9 cm³/mol. The molecule has 0 saturated heterocycles. The Morgan fingerprint density at radius 2 is 1.93 bits per heavy atom. The molecule has 0 spiro atoms. The summed E-state index contributed by atoms with van der Waals surface area (Å²) < 4.78 is 14.4. The average Bonchev–Trinajstić information content (AvgIpc) is 2.03. The molecule has 0 aromatic rings. The average molecular weight is 274 g/mol. The Hall–Kier alpha value is 0.733. The van der Waals surface area contributed by atoms with Gasteiger partial charge < -0.3 is 18.9 Å². The summed E-state index contributed by atoms with van der Waals surface area (Å²) in [6.45, 7) is 4.07. The van der Waals surface area contributed by atoms with Crippen LogP contribution in [0.1, 0.15) is 39.5 Å². The van der Waals surface area contributed by atoms with Gasteiger partial charge in [-0.25, -0.2) is 0 Å². The van der Waals surface area contributed by atoms with Gasteiger partial charge in [-0.2, -0.15) is 0 Å². The molecule has 0 aliphatic carbocycles. The minimum absolute atomic E-state index is 0. The fourth-order valence-corrected chi connectivity index (χ4v) is 1.49. The Balaban J connectivity index is 0. The Morgan fingerprint density at radius 1 is 1.36 bits per heavy atom. The first-order valence-corrected chi connectivity index (χ1v) is 6.12. The molecule has 0 bridgehead atoms. The molecule has 6 heteroatoms. The molecule has 0 radical (unpaired) electrons. The van der Waals surface area contributed by atoms with E-state index in [4.69, 9.17) is 0 Å². The number of hydrogen-bond acceptors (Lipinski definition) is 4. The van der Waals surface area contributed by atoms with Crippen LogP contribution in [-0.2, 0) is 28.6 Å². The van der Waals surface area contributed by atoms with Crippen LogP contribution in [0.5, 0.6) is 0 Å². The third-order valence-electron chi connectivity index (χ3n) is 2.01. The molecule has 1 unspecified atom stereocenters. The van der Waals surface area contributed by atoms with E-state index in [2.05, 4.69) is 11.4 Å².